The standard InChI is InChI=1S/C14H21F3N4O2/c1-20(2)12-18-10(14(15,16)17)8-11(19-12)21-6-3-4-13(23,9-22)5-7-21/h8,22-23H,3-7,9H2,1-2H3/t13-/m1/s1. The van der Waals surface area contributed by atoms with E-state index in [2.05, 4.69) is 9.97 Å². The fourth-order valence-electron chi connectivity index (χ4n) is 2.50. The van der Waals surface area contributed by atoms with E-state index in [0.717, 1.165) is 6.07 Å². The quantitative estimate of drug-likeness (QED) is 0.867. The van der Waals surface area contributed by atoms with E-state index in [0.29, 0.717) is 25.9 Å². The third-order valence-electron chi connectivity index (χ3n) is 3.93. The molecule has 23 heavy (non-hydrogen) atoms. The first-order chi connectivity index (χ1) is 10.6. The highest BCUT2D eigenvalue weighted by Gasteiger charge is 2.35. The van der Waals surface area contributed by atoms with Crippen LogP contribution < -0.4 is 9.80 Å². The number of halogens is 3. The normalized spacial score (nSPS) is 22.8. The van der Waals surface area contributed by atoms with Crippen LogP contribution in [0, 0.1) is 0 Å². The van der Waals surface area contributed by atoms with Crippen LogP contribution in [0.1, 0.15) is 25.0 Å². The van der Waals surface area contributed by atoms with Gasteiger partial charge < -0.3 is 20.0 Å². The summed E-state index contributed by atoms with van der Waals surface area (Å²) in [6, 6.07) is 0.927. The Balaban J connectivity index is 2.33. The van der Waals surface area contributed by atoms with Gasteiger partial charge in [-0.1, -0.05) is 0 Å². The molecule has 2 N–H and O–H groups in total. The Labute approximate surface area is 132 Å². The maximum atomic E-state index is 13.0. The molecule has 1 fully saturated rings. The Hall–Kier alpha value is -1.61. The first kappa shape index (κ1) is 17.7. The lowest BCUT2D eigenvalue weighted by Gasteiger charge is -2.26. The first-order valence-electron chi connectivity index (χ1n) is 7.36. The van der Waals surface area contributed by atoms with E-state index in [1.807, 2.05) is 0 Å². The zero-order valence-corrected chi connectivity index (χ0v) is 13.1. The van der Waals surface area contributed by atoms with E-state index >= 15 is 0 Å². The van der Waals surface area contributed by atoms with Crippen molar-refractivity contribution in [3.8, 4) is 0 Å². The van der Waals surface area contributed by atoms with Crippen molar-refractivity contribution < 1.29 is 23.4 Å². The highest BCUT2D eigenvalue weighted by Crippen LogP contribution is 2.32. The molecule has 0 amide bonds. The van der Waals surface area contributed by atoms with Gasteiger partial charge in [-0.3, -0.25) is 0 Å². The molecule has 1 atom stereocenters. The lowest BCUT2D eigenvalue weighted by Crippen LogP contribution is -2.35. The number of hydrogen-bond acceptors (Lipinski definition) is 6. The Morgan fingerprint density at radius 2 is 1.96 bits per heavy atom. The lowest BCUT2D eigenvalue weighted by atomic mass is 9.96. The maximum Gasteiger partial charge on any atom is 0.433 e. The zero-order chi connectivity index (χ0) is 17.3. The van der Waals surface area contributed by atoms with Crippen molar-refractivity contribution in [1.29, 1.82) is 0 Å². The number of rotatable bonds is 3. The summed E-state index contributed by atoms with van der Waals surface area (Å²) in [6.07, 6.45) is -3.33. The van der Waals surface area contributed by atoms with Gasteiger partial charge >= 0.3 is 6.18 Å². The molecule has 6 nitrogen and oxygen atoms in total. The van der Waals surface area contributed by atoms with Crippen LogP contribution in [-0.4, -0.2) is 59.6 Å². The smallest absolute Gasteiger partial charge is 0.393 e. The second-order valence-corrected chi connectivity index (χ2v) is 6.03. The molecule has 0 aliphatic carbocycles. The highest BCUT2D eigenvalue weighted by atomic mass is 19.4. The maximum absolute atomic E-state index is 13.0. The van der Waals surface area contributed by atoms with Crippen LogP contribution in [0.25, 0.3) is 0 Å². The molecule has 0 radical (unpaired) electrons. The summed E-state index contributed by atoms with van der Waals surface area (Å²) >= 11 is 0. The fourth-order valence-corrected chi connectivity index (χ4v) is 2.50. The average Bonchev–Trinajstić information content (AvgIpc) is 2.68. The van der Waals surface area contributed by atoms with Gasteiger partial charge in [-0.25, -0.2) is 4.98 Å². The van der Waals surface area contributed by atoms with Gasteiger partial charge in [-0.15, -0.1) is 0 Å². The topological polar surface area (TPSA) is 72.7 Å². The summed E-state index contributed by atoms with van der Waals surface area (Å²) in [6.45, 7) is 0.420. The number of aliphatic hydroxyl groups excluding tert-OH is 1. The molecule has 1 aromatic heterocycles. The molecule has 1 aliphatic heterocycles. The van der Waals surface area contributed by atoms with E-state index in [1.165, 1.54) is 4.90 Å². The Kier molecular flexibility index (Phi) is 5.00. The molecule has 0 saturated carbocycles. The van der Waals surface area contributed by atoms with Crippen LogP contribution in [0.2, 0.25) is 0 Å². The summed E-state index contributed by atoms with van der Waals surface area (Å²) in [4.78, 5) is 10.8. The van der Waals surface area contributed by atoms with Crippen molar-refractivity contribution in [3.05, 3.63) is 11.8 Å². The number of anilines is 2. The third-order valence-corrected chi connectivity index (χ3v) is 3.93. The largest absolute Gasteiger partial charge is 0.433 e. The number of nitrogens with zero attached hydrogens (tertiary/aromatic N) is 4. The van der Waals surface area contributed by atoms with E-state index in [1.54, 1.807) is 19.0 Å². The van der Waals surface area contributed by atoms with Crippen LogP contribution >= 0.6 is 0 Å². The van der Waals surface area contributed by atoms with Gasteiger partial charge in [0.2, 0.25) is 5.95 Å². The highest BCUT2D eigenvalue weighted by molar-refractivity contribution is 5.46. The first-order valence-corrected chi connectivity index (χ1v) is 7.36. The van der Waals surface area contributed by atoms with Crippen LogP contribution in [0.4, 0.5) is 24.9 Å². The molecule has 9 heteroatoms. The summed E-state index contributed by atoms with van der Waals surface area (Å²) in [5.74, 6) is 0.162. The lowest BCUT2D eigenvalue weighted by molar-refractivity contribution is -0.141. The monoisotopic (exact) mass is 334 g/mol. The third kappa shape index (κ3) is 4.23. The van der Waals surface area contributed by atoms with Crippen LogP contribution in [0.15, 0.2) is 6.07 Å². The van der Waals surface area contributed by atoms with Crippen molar-refractivity contribution >= 4 is 11.8 Å². The van der Waals surface area contributed by atoms with Gasteiger partial charge in [-0.2, -0.15) is 18.2 Å². The second kappa shape index (κ2) is 6.48. The summed E-state index contributed by atoms with van der Waals surface area (Å²) < 4.78 is 39.1. The van der Waals surface area contributed by atoms with Gasteiger partial charge in [0, 0.05) is 33.3 Å². The molecule has 1 saturated heterocycles. The molecule has 0 unspecified atom stereocenters. The van der Waals surface area contributed by atoms with Crippen molar-refractivity contribution in [1.82, 2.24) is 9.97 Å². The van der Waals surface area contributed by atoms with E-state index < -0.39 is 17.5 Å². The van der Waals surface area contributed by atoms with Crippen LogP contribution in [0.3, 0.4) is 0 Å². The zero-order valence-electron chi connectivity index (χ0n) is 13.1. The molecular weight excluding hydrogens is 313 g/mol. The van der Waals surface area contributed by atoms with E-state index in [4.69, 9.17) is 0 Å². The molecule has 130 valence electrons. The second-order valence-electron chi connectivity index (χ2n) is 6.03. The predicted octanol–water partition coefficient (Wildman–Crippen LogP) is 1.28. The van der Waals surface area contributed by atoms with Gasteiger partial charge in [-0.05, 0) is 19.3 Å². The van der Waals surface area contributed by atoms with Crippen LogP contribution in [0.5, 0.6) is 0 Å². The van der Waals surface area contributed by atoms with Gasteiger partial charge in [0.15, 0.2) is 5.69 Å². The molecule has 2 rings (SSSR count). The molecule has 0 aromatic carbocycles. The SMILES string of the molecule is CN(C)c1nc(N2CCC[C@](O)(CO)CC2)cc(C(F)(F)F)n1. The molecule has 1 aromatic rings. The Bertz CT molecular complexity index is 553. The van der Waals surface area contributed by atoms with Crippen molar-refractivity contribution in [2.75, 3.05) is 43.6 Å². The summed E-state index contributed by atoms with van der Waals surface area (Å²) in [7, 11) is 3.15. The Morgan fingerprint density at radius 1 is 1.26 bits per heavy atom. The minimum absolute atomic E-state index is 0.0171. The van der Waals surface area contributed by atoms with Gasteiger partial charge in [0.05, 0.1) is 12.2 Å². The van der Waals surface area contributed by atoms with Crippen molar-refractivity contribution in [3.63, 3.8) is 0 Å². The molecule has 0 bridgehead atoms. The van der Waals surface area contributed by atoms with Crippen molar-refractivity contribution in [2.45, 2.75) is 31.0 Å². The van der Waals surface area contributed by atoms with Crippen LogP contribution in [-0.2, 0) is 6.18 Å². The average molecular weight is 334 g/mol. The van der Waals surface area contributed by atoms with Gasteiger partial charge in [0.25, 0.3) is 0 Å². The number of aliphatic hydroxyl groups is 2. The number of aromatic nitrogens is 2. The molecular formula is C14H21F3N4O2. The summed E-state index contributed by atoms with van der Waals surface area (Å²) in [5, 5.41) is 19.4. The molecule has 2 heterocycles. The molecule has 0 spiro atoms. The van der Waals surface area contributed by atoms with Crippen molar-refractivity contribution in [2.24, 2.45) is 0 Å². The number of hydrogen-bond donors (Lipinski definition) is 2. The minimum Gasteiger partial charge on any atom is -0.393 e. The molecule has 1 aliphatic rings. The van der Waals surface area contributed by atoms with Gasteiger partial charge in [0.1, 0.15) is 5.82 Å². The predicted molar refractivity (Wildman–Crippen MR) is 79.5 cm³/mol. The Morgan fingerprint density at radius 3 is 2.52 bits per heavy atom. The number of alkyl halides is 3. The summed E-state index contributed by atoms with van der Waals surface area (Å²) in [5.41, 5.74) is -2.17. The fraction of sp³-hybridized carbons (Fsp3) is 0.714. The van der Waals surface area contributed by atoms with E-state index in [9.17, 15) is 23.4 Å². The minimum atomic E-state index is -4.56. The van der Waals surface area contributed by atoms with E-state index in [-0.39, 0.29) is 24.8 Å².